The lowest BCUT2D eigenvalue weighted by atomic mass is 10.00. The smallest absolute Gasteiger partial charge is 0.310 e. The van der Waals surface area contributed by atoms with E-state index >= 15 is 0 Å². The van der Waals surface area contributed by atoms with Crippen LogP contribution >= 0.6 is 0 Å². The summed E-state index contributed by atoms with van der Waals surface area (Å²) in [6.07, 6.45) is 0.0455. The number of ether oxygens (including phenoxy) is 1. The Balaban J connectivity index is 3.32. The lowest BCUT2D eigenvalue weighted by Crippen LogP contribution is -2.10. The number of nitro benzene ring substituents is 1. The Kier molecular flexibility index (Phi) is 4.71. The number of nitrogens with zero attached hydrogens (tertiary/aromatic N) is 2. The Hall–Kier alpha value is -2.75. The molecule has 0 aliphatic heterocycles. The van der Waals surface area contributed by atoms with Gasteiger partial charge < -0.3 is 4.74 Å². The SMILES string of the molecule is CCOC(=O)Cc1ccc(C=O)c([N+](=O)[O-])c1C#N. The quantitative estimate of drug-likeness (QED) is 0.343. The molecule has 98 valence electrons. The first kappa shape index (κ1) is 14.3. The average Bonchev–Trinajstić information content (AvgIpc) is 2.38. The van der Waals surface area contributed by atoms with E-state index in [1.165, 1.54) is 12.1 Å². The van der Waals surface area contributed by atoms with Crippen LogP contribution < -0.4 is 0 Å². The molecule has 1 aromatic rings. The van der Waals surface area contributed by atoms with Crippen LogP contribution in [0.2, 0.25) is 0 Å². The molecule has 0 atom stereocenters. The summed E-state index contributed by atoms with van der Waals surface area (Å²) in [4.78, 5) is 32.2. The molecule has 0 aliphatic rings. The van der Waals surface area contributed by atoms with Crippen LogP contribution in [0.25, 0.3) is 0 Å². The predicted octanol–water partition coefficient (Wildman–Crippen LogP) is 1.38. The predicted molar refractivity (Wildman–Crippen MR) is 63.5 cm³/mol. The van der Waals surface area contributed by atoms with Gasteiger partial charge in [0, 0.05) is 0 Å². The van der Waals surface area contributed by atoms with Gasteiger partial charge in [-0.15, -0.1) is 0 Å². The number of hydrogen-bond donors (Lipinski definition) is 0. The van der Waals surface area contributed by atoms with Gasteiger partial charge in [-0.2, -0.15) is 5.26 Å². The molecule has 19 heavy (non-hydrogen) atoms. The van der Waals surface area contributed by atoms with E-state index in [0.29, 0.717) is 6.29 Å². The van der Waals surface area contributed by atoms with Crippen molar-refractivity contribution in [3.63, 3.8) is 0 Å². The number of esters is 1. The average molecular weight is 262 g/mol. The minimum atomic E-state index is -0.809. The van der Waals surface area contributed by atoms with Crippen molar-refractivity contribution in [1.29, 1.82) is 5.26 Å². The molecule has 0 heterocycles. The molecule has 0 aliphatic carbocycles. The zero-order valence-corrected chi connectivity index (χ0v) is 10.1. The largest absolute Gasteiger partial charge is 0.466 e. The van der Waals surface area contributed by atoms with Gasteiger partial charge in [0.05, 0.1) is 23.5 Å². The van der Waals surface area contributed by atoms with Crippen LogP contribution in [0.3, 0.4) is 0 Å². The Morgan fingerprint density at radius 2 is 2.26 bits per heavy atom. The molecule has 0 saturated carbocycles. The number of nitriles is 1. The summed E-state index contributed by atoms with van der Waals surface area (Å²) >= 11 is 0. The Morgan fingerprint density at radius 1 is 1.58 bits per heavy atom. The molecule has 0 radical (unpaired) electrons. The van der Waals surface area contributed by atoms with Gasteiger partial charge in [-0.1, -0.05) is 6.07 Å². The molecule has 0 saturated heterocycles. The fourth-order valence-corrected chi connectivity index (χ4v) is 1.58. The van der Waals surface area contributed by atoms with Gasteiger partial charge in [-0.25, -0.2) is 0 Å². The maximum absolute atomic E-state index is 11.3. The zero-order valence-electron chi connectivity index (χ0n) is 10.1. The first-order valence-corrected chi connectivity index (χ1v) is 5.36. The van der Waals surface area contributed by atoms with Gasteiger partial charge in [0.2, 0.25) is 0 Å². The van der Waals surface area contributed by atoms with Gasteiger partial charge in [-0.3, -0.25) is 19.7 Å². The summed E-state index contributed by atoms with van der Waals surface area (Å²) < 4.78 is 4.71. The lowest BCUT2D eigenvalue weighted by molar-refractivity contribution is -0.385. The Bertz CT molecular complexity index is 574. The van der Waals surface area contributed by atoms with Crippen LogP contribution in [0, 0.1) is 21.4 Å². The number of aldehydes is 1. The van der Waals surface area contributed by atoms with E-state index in [9.17, 15) is 19.7 Å². The van der Waals surface area contributed by atoms with Crippen molar-refractivity contribution < 1.29 is 19.2 Å². The van der Waals surface area contributed by atoms with E-state index in [1.807, 2.05) is 0 Å². The van der Waals surface area contributed by atoms with Gasteiger partial charge in [0.1, 0.15) is 11.6 Å². The topological polar surface area (TPSA) is 110 Å². The van der Waals surface area contributed by atoms with Gasteiger partial charge in [0.25, 0.3) is 5.69 Å². The van der Waals surface area contributed by atoms with Crippen LogP contribution in [0.15, 0.2) is 12.1 Å². The second kappa shape index (κ2) is 6.26. The maximum atomic E-state index is 11.3. The van der Waals surface area contributed by atoms with Gasteiger partial charge in [0.15, 0.2) is 6.29 Å². The molecule has 0 N–H and O–H groups in total. The van der Waals surface area contributed by atoms with Crippen molar-refractivity contribution in [1.82, 2.24) is 0 Å². The number of rotatable bonds is 5. The minimum absolute atomic E-state index is 0.165. The van der Waals surface area contributed by atoms with Crippen LogP contribution in [0.4, 0.5) is 5.69 Å². The van der Waals surface area contributed by atoms with Crippen LogP contribution in [-0.4, -0.2) is 23.8 Å². The lowest BCUT2D eigenvalue weighted by Gasteiger charge is -2.06. The van der Waals surface area contributed by atoms with Crippen LogP contribution in [0.1, 0.15) is 28.4 Å². The van der Waals surface area contributed by atoms with Crippen molar-refractivity contribution in [2.24, 2.45) is 0 Å². The van der Waals surface area contributed by atoms with Crippen LogP contribution in [-0.2, 0) is 16.0 Å². The summed E-state index contributed by atoms with van der Waals surface area (Å²) in [6, 6.07) is 4.21. The standard InChI is InChI=1S/C12H10N2O5/c1-2-19-11(16)5-8-3-4-9(7-15)12(14(17)18)10(8)6-13/h3-4,7H,2,5H2,1H3. The normalized spacial score (nSPS) is 9.47. The summed E-state index contributed by atoms with van der Waals surface area (Å²) in [5.41, 5.74) is -0.908. The number of hydrogen-bond acceptors (Lipinski definition) is 6. The first-order valence-electron chi connectivity index (χ1n) is 5.36. The van der Waals surface area contributed by atoms with Crippen molar-refractivity contribution in [3.8, 4) is 6.07 Å². The van der Waals surface area contributed by atoms with Crippen molar-refractivity contribution in [2.75, 3.05) is 6.61 Å². The third-order valence-corrected chi connectivity index (χ3v) is 2.36. The van der Waals surface area contributed by atoms with Crippen molar-refractivity contribution >= 4 is 17.9 Å². The number of carbonyl (C=O) groups is 2. The Labute approximate surface area is 108 Å². The highest BCUT2D eigenvalue weighted by atomic mass is 16.6. The van der Waals surface area contributed by atoms with Gasteiger partial charge >= 0.3 is 5.97 Å². The van der Waals surface area contributed by atoms with E-state index in [1.54, 1.807) is 13.0 Å². The number of benzene rings is 1. The summed E-state index contributed by atoms with van der Waals surface area (Å²) in [6.45, 7) is 1.80. The monoisotopic (exact) mass is 262 g/mol. The molecule has 0 spiro atoms. The second-order valence-corrected chi connectivity index (χ2v) is 3.51. The number of nitro groups is 1. The fourth-order valence-electron chi connectivity index (χ4n) is 1.58. The highest BCUT2D eigenvalue weighted by Gasteiger charge is 2.24. The summed E-state index contributed by atoms with van der Waals surface area (Å²) in [5.74, 6) is -0.591. The first-order chi connectivity index (χ1) is 9.04. The third kappa shape index (κ3) is 3.13. The molecular weight excluding hydrogens is 252 g/mol. The second-order valence-electron chi connectivity index (χ2n) is 3.51. The molecule has 1 aromatic carbocycles. The molecule has 0 aromatic heterocycles. The summed E-state index contributed by atoms with van der Waals surface area (Å²) in [7, 11) is 0. The van der Waals surface area contributed by atoms with E-state index < -0.39 is 16.6 Å². The fraction of sp³-hybridized carbons (Fsp3) is 0.250. The molecule has 0 unspecified atom stereocenters. The molecule has 0 bridgehead atoms. The minimum Gasteiger partial charge on any atom is -0.466 e. The zero-order chi connectivity index (χ0) is 14.4. The van der Waals surface area contributed by atoms with Crippen LogP contribution in [0.5, 0.6) is 0 Å². The molecule has 0 fully saturated rings. The van der Waals surface area contributed by atoms with Gasteiger partial charge in [-0.05, 0) is 18.6 Å². The molecule has 0 amide bonds. The highest BCUT2D eigenvalue weighted by molar-refractivity contribution is 5.85. The molecule has 7 heteroatoms. The summed E-state index contributed by atoms with van der Waals surface area (Å²) in [5, 5.41) is 19.9. The number of carbonyl (C=O) groups excluding carboxylic acids is 2. The van der Waals surface area contributed by atoms with E-state index in [-0.39, 0.29) is 29.7 Å². The molecular formula is C12H10N2O5. The van der Waals surface area contributed by atoms with Crippen molar-refractivity contribution in [3.05, 3.63) is 38.9 Å². The van der Waals surface area contributed by atoms with E-state index in [4.69, 9.17) is 10.00 Å². The Morgan fingerprint density at radius 3 is 2.74 bits per heavy atom. The molecule has 1 rings (SSSR count). The third-order valence-electron chi connectivity index (χ3n) is 2.36. The van der Waals surface area contributed by atoms with Crippen molar-refractivity contribution in [2.45, 2.75) is 13.3 Å². The molecule has 7 nitrogen and oxygen atoms in total. The highest BCUT2D eigenvalue weighted by Crippen LogP contribution is 2.26. The van der Waals surface area contributed by atoms with E-state index in [0.717, 1.165) is 0 Å². The van der Waals surface area contributed by atoms with E-state index in [2.05, 4.69) is 0 Å². The maximum Gasteiger partial charge on any atom is 0.310 e.